The molecule has 0 aromatic carbocycles. The molecule has 0 aliphatic carbocycles. The van der Waals surface area contributed by atoms with Gasteiger partial charge in [-0.2, -0.15) is 0 Å². The Bertz CT molecular complexity index is 143. The molecule has 0 fully saturated rings. The van der Waals surface area contributed by atoms with Gasteiger partial charge in [0.05, 0.1) is 12.7 Å². The molecule has 3 heteroatoms. The summed E-state index contributed by atoms with van der Waals surface area (Å²) in [5, 5.41) is 9.42. The van der Waals surface area contributed by atoms with Crippen molar-refractivity contribution in [3.8, 4) is 0 Å². The first-order valence-electron chi connectivity index (χ1n) is 4.91. The predicted molar refractivity (Wildman–Crippen MR) is 51.3 cm³/mol. The molecule has 0 aliphatic heterocycles. The van der Waals surface area contributed by atoms with E-state index in [-0.39, 0.29) is 18.0 Å². The summed E-state index contributed by atoms with van der Waals surface area (Å²) >= 11 is 0. The quantitative estimate of drug-likeness (QED) is 0.646. The zero-order valence-corrected chi connectivity index (χ0v) is 8.75. The summed E-state index contributed by atoms with van der Waals surface area (Å²) in [5.74, 6) is 0.0978. The summed E-state index contributed by atoms with van der Waals surface area (Å²) in [7, 11) is 0. The predicted octanol–water partition coefficient (Wildman–Crippen LogP) is 1.74. The molecule has 0 radical (unpaired) electrons. The Morgan fingerprint density at radius 2 is 2.08 bits per heavy atom. The fraction of sp³-hybridized carbons (Fsp3) is 0.900. The minimum atomic E-state index is -0.297. The van der Waals surface area contributed by atoms with E-state index in [0.717, 1.165) is 0 Å². The Kier molecular flexibility index (Phi) is 6.59. The maximum absolute atomic E-state index is 10.9. The number of rotatable bonds is 6. The van der Waals surface area contributed by atoms with Crippen molar-refractivity contribution in [1.29, 1.82) is 0 Å². The van der Waals surface area contributed by atoms with Crippen molar-refractivity contribution < 1.29 is 14.6 Å². The van der Waals surface area contributed by atoms with Gasteiger partial charge in [-0.25, -0.2) is 0 Å². The summed E-state index contributed by atoms with van der Waals surface area (Å²) in [5.41, 5.74) is 0. The Balaban J connectivity index is 3.39. The van der Waals surface area contributed by atoms with Crippen LogP contribution in [0.4, 0.5) is 0 Å². The van der Waals surface area contributed by atoms with Crippen molar-refractivity contribution in [3.05, 3.63) is 0 Å². The van der Waals surface area contributed by atoms with Crippen LogP contribution in [0.15, 0.2) is 0 Å². The summed E-state index contributed by atoms with van der Waals surface area (Å²) in [6.07, 6.45) is 1.50. The van der Waals surface area contributed by atoms with Gasteiger partial charge in [0.15, 0.2) is 0 Å². The Hall–Kier alpha value is -0.570. The lowest BCUT2D eigenvalue weighted by molar-refractivity contribution is -0.143. The minimum Gasteiger partial charge on any atom is -0.466 e. The number of hydrogen-bond acceptors (Lipinski definition) is 3. The zero-order valence-electron chi connectivity index (χ0n) is 8.75. The average Bonchev–Trinajstić information content (AvgIpc) is 2.04. The molecule has 0 aliphatic rings. The van der Waals surface area contributed by atoms with Crippen molar-refractivity contribution in [2.75, 3.05) is 6.61 Å². The third kappa shape index (κ3) is 6.58. The van der Waals surface area contributed by atoms with Crippen LogP contribution in [0.2, 0.25) is 0 Å². The number of carbonyl (C=O) groups excluding carboxylic acids is 1. The number of aliphatic hydroxyl groups excluding tert-OH is 1. The Morgan fingerprint density at radius 3 is 2.54 bits per heavy atom. The molecular formula is C10H20O3. The topological polar surface area (TPSA) is 46.5 Å². The van der Waals surface area contributed by atoms with Crippen LogP contribution in [-0.2, 0) is 9.53 Å². The van der Waals surface area contributed by atoms with Crippen LogP contribution in [0.1, 0.15) is 40.0 Å². The molecule has 78 valence electrons. The van der Waals surface area contributed by atoms with Gasteiger partial charge in [-0.1, -0.05) is 13.8 Å². The second kappa shape index (κ2) is 6.89. The van der Waals surface area contributed by atoms with E-state index in [9.17, 15) is 9.90 Å². The van der Waals surface area contributed by atoms with Crippen LogP contribution in [0.5, 0.6) is 0 Å². The van der Waals surface area contributed by atoms with Gasteiger partial charge in [-0.3, -0.25) is 4.79 Å². The lowest BCUT2D eigenvalue weighted by atomic mass is 10.0. The minimum absolute atomic E-state index is 0.168. The van der Waals surface area contributed by atoms with Gasteiger partial charge in [0.25, 0.3) is 0 Å². The molecule has 0 amide bonds. The first-order chi connectivity index (χ1) is 6.07. The number of esters is 1. The summed E-state index contributed by atoms with van der Waals surface area (Å²) in [6, 6.07) is 0. The number of hydrogen-bond donors (Lipinski definition) is 1. The van der Waals surface area contributed by atoms with Gasteiger partial charge in [-0.15, -0.1) is 0 Å². The molecule has 0 heterocycles. The van der Waals surface area contributed by atoms with E-state index >= 15 is 0 Å². The second-order valence-electron chi connectivity index (χ2n) is 3.51. The Labute approximate surface area is 80.1 Å². The van der Waals surface area contributed by atoms with Crippen molar-refractivity contribution in [2.24, 2.45) is 5.92 Å². The summed E-state index contributed by atoms with van der Waals surface area (Å²) in [4.78, 5) is 10.9. The second-order valence-corrected chi connectivity index (χ2v) is 3.51. The fourth-order valence-corrected chi connectivity index (χ4v) is 1.02. The van der Waals surface area contributed by atoms with Crippen LogP contribution >= 0.6 is 0 Å². The van der Waals surface area contributed by atoms with E-state index in [0.29, 0.717) is 25.9 Å². The van der Waals surface area contributed by atoms with Crippen LogP contribution in [0, 0.1) is 5.92 Å². The van der Waals surface area contributed by atoms with Crippen LogP contribution < -0.4 is 0 Å². The molecule has 0 aromatic rings. The van der Waals surface area contributed by atoms with E-state index in [1.165, 1.54) is 0 Å². The number of carbonyl (C=O) groups is 1. The molecule has 0 bridgehead atoms. The molecule has 0 aromatic heterocycles. The maximum atomic E-state index is 10.9. The van der Waals surface area contributed by atoms with Crippen molar-refractivity contribution >= 4 is 5.97 Å². The molecule has 3 nitrogen and oxygen atoms in total. The van der Waals surface area contributed by atoms with Gasteiger partial charge in [0.1, 0.15) is 0 Å². The van der Waals surface area contributed by atoms with E-state index in [1.54, 1.807) is 6.92 Å². The van der Waals surface area contributed by atoms with Crippen LogP contribution in [0.25, 0.3) is 0 Å². The lowest BCUT2D eigenvalue weighted by Crippen LogP contribution is -2.15. The first kappa shape index (κ1) is 12.4. The van der Waals surface area contributed by atoms with Gasteiger partial charge in [0, 0.05) is 6.42 Å². The largest absolute Gasteiger partial charge is 0.466 e. The maximum Gasteiger partial charge on any atom is 0.305 e. The summed E-state index contributed by atoms with van der Waals surface area (Å²) < 4.78 is 4.76. The van der Waals surface area contributed by atoms with E-state index < -0.39 is 0 Å². The smallest absolute Gasteiger partial charge is 0.305 e. The molecule has 0 spiro atoms. The average molecular weight is 188 g/mol. The normalized spacial score (nSPS) is 13.0. The first-order valence-corrected chi connectivity index (χ1v) is 4.91. The SMILES string of the molecule is CCOC(=O)CCC[C@@H](O)C(C)C. The highest BCUT2D eigenvalue weighted by atomic mass is 16.5. The highest BCUT2D eigenvalue weighted by molar-refractivity contribution is 5.69. The highest BCUT2D eigenvalue weighted by Gasteiger charge is 2.09. The summed E-state index contributed by atoms with van der Waals surface area (Å²) in [6.45, 7) is 6.16. The van der Waals surface area contributed by atoms with Crippen LogP contribution in [0.3, 0.4) is 0 Å². The molecule has 1 atom stereocenters. The Morgan fingerprint density at radius 1 is 1.46 bits per heavy atom. The number of ether oxygens (including phenoxy) is 1. The van der Waals surface area contributed by atoms with Gasteiger partial charge in [-0.05, 0) is 25.7 Å². The van der Waals surface area contributed by atoms with Gasteiger partial charge >= 0.3 is 5.97 Å². The number of aliphatic hydroxyl groups is 1. The molecule has 1 N–H and O–H groups in total. The molecule has 0 unspecified atom stereocenters. The monoisotopic (exact) mass is 188 g/mol. The highest BCUT2D eigenvalue weighted by Crippen LogP contribution is 2.09. The van der Waals surface area contributed by atoms with Crippen molar-refractivity contribution in [2.45, 2.75) is 46.1 Å². The van der Waals surface area contributed by atoms with Gasteiger partial charge < -0.3 is 9.84 Å². The molecule has 13 heavy (non-hydrogen) atoms. The van der Waals surface area contributed by atoms with Crippen LogP contribution in [-0.4, -0.2) is 23.8 Å². The fourth-order valence-electron chi connectivity index (χ4n) is 1.02. The van der Waals surface area contributed by atoms with Crippen molar-refractivity contribution in [3.63, 3.8) is 0 Å². The lowest BCUT2D eigenvalue weighted by Gasteiger charge is -2.13. The van der Waals surface area contributed by atoms with E-state index in [4.69, 9.17) is 4.74 Å². The standard InChI is InChI=1S/C10H20O3/c1-4-13-10(12)7-5-6-9(11)8(2)3/h8-9,11H,4-7H2,1-3H3/t9-/m1/s1. The molecule has 0 saturated heterocycles. The van der Waals surface area contributed by atoms with E-state index in [2.05, 4.69) is 0 Å². The third-order valence-electron chi connectivity index (χ3n) is 1.96. The third-order valence-corrected chi connectivity index (χ3v) is 1.96. The van der Waals surface area contributed by atoms with Crippen molar-refractivity contribution in [1.82, 2.24) is 0 Å². The van der Waals surface area contributed by atoms with E-state index in [1.807, 2.05) is 13.8 Å². The molecular weight excluding hydrogens is 168 g/mol. The molecule has 0 saturated carbocycles. The van der Waals surface area contributed by atoms with Gasteiger partial charge in [0.2, 0.25) is 0 Å². The zero-order chi connectivity index (χ0) is 10.3. The molecule has 0 rings (SSSR count).